The summed E-state index contributed by atoms with van der Waals surface area (Å²) in [7, 11) is 0. The second-order valence-electron chi connectivity index (χ2n) is 6.39. The van der Waals surface area contributed by atoms with Crippen molar-refractivity contribution in [3.63, 3.8) is 0 Å². The molecule has 0 saturated carbocycles. The summed E-state index contributed by atoms with van der Waals surface area (Å²) in [6.45, 7) is 0. The highest BCUT2D eigenvalue weighted by molar-refractivity contribution is 6.51. The zero-order valence-corrected chi connectivity index (χ0v) is 16.7. The molecule has 170 valence electrons. The van der Waals surface area contributed by atoms with Crippen molar-refractivity contribution in [1.82, 2.24) is 5.16 Å². The van der Waals surface area contributed by atoms with Gasteiger partial charge in [0.25, 0.3) is 0 Å². The summed E-state index contributed by atoms with van der Waals surface area (Å²) < 4.78 is 82.7. The first kappa shape index (κ1) is 23.8. The molecule has 0 spiro atoms. The molecule has 0 aliphatic rings. The molecular formula is C20H9ClF6N4O2. The van der Waals surface area contributed by atoms with Crippen LogP contribution in [0, 0.1) is 11.3 Å². The zero-order chi connectivity index (χ0) is 24.4. The molecule has 0 unspecified atom stereocenters. The highest BCUT2D eigenvalue weighted by Crippen LogP contribution is 2.37. The number of nitriles is 1. The minimum absolute atomic E-state index is 0.0705. The summed E-state index contributed by atoms with van der Waals surface area (Å²) in [5.74, 6) is -0.926. The number of rotatable bonds is 5. The fourth-order valence-electron chi connectivity index (χ4n) is 2.52. The van der Waals surface area contributed by atoms with Gasteiger partial charge in [-0.15, -0.1) is 0 Å². The monoisotopic (exact) mass is 486 g/mol. The molecule has 0 radical (unpaired) electrons. The van der Waals surface area contributed by atoms with Crippen molar-refractivity contribution in [2.45, 2.75) is 12.4 Å². The molecule has 3 rings (SSSR count). The summed E-state index contributed by atoms with van der Waals surface area (Å²) in [6.07, 6.45) is -10.2. The van der Waals surface area contributed by atoms with Gasteiger partial charge >= 0.3 is 12.4 Å². The van der Waals surface area contributed by atoms with Crippen molar-refractivity contribution >= 4 is 28.8 Å². The zero-order valence-electron chi connectivity index (χ0n) is 15.9. The second-order valence-corrected chi connectivity index (χ2v) is 6.83. The molecule has 33 heavy (non-hydrogen) atoms. The summed E-state index contributed by atoms with van der Waals surface area (Å²) in [6, 6.07) is 9.49. The van der Waals surface area contributed by atoms with Gasteiger partial charge in [-0.2, -0.15) is 36.7 Å². The first-order valence-electron chi connectivity index (χ1n) is 8.69. The molecule has 6 nitrogen and oxygen atoms in total. The van der Waals surface area contributed by atoms with Crippen LogP contribution in [0.5, 0.6) is 0 Å². The van der Waals surface area contributed by atoms with Crippen molar-refractivity contribution in [2.24, 2.45) is 5.10 Å². The number of Topliss-reactive ketones (excluding diaryl/α,β-unsaturated/α-hetero) is 1. The van der Waals surface area contributed by atoms with Crippen molar-refractivity contribution in [1.29, 1.82) is 5.26 Å². The third-order valence-electron chi connectivity index (χ3n) is 4.08. The van der Waals surface area contributed by atoms with Crippen LogP contribution in [0.3, 0.4) is 0 Å². The Labute approximate surface area is 186 Å². The van der Waals surface area contributed by atoms with E-state index in [2.05, 4.69) is 10.3 Å². The average molecular weight is 487 g/mol. The van der Waals surface area contributed by atoms with Crippen molar-refractivity contribution in [3.05, 3.63) is 70.4 Å². The predicted octanol–water partition coefficient (Wildman–Crippen LogP) is 6.21. The fourth-order valence-corrected chi connectivity index (χ4v) is 2.65. The number of anilines is 1. The molecule has 0 atom stereocenters. The number of hydrogen-bond acceptors (Lipinski definition) is 6. The Morgan fingerprint density at radius 2 is 1.58 bits per heavy atom. The Hall–Kier alpha value is -3.85. The molecule has 1 heterocycles. The molecule has 0 aliphatic carbocycles. The molecule has 0 fully saturated rings. The van der Waals surface area contributed by atoms with Gasteiger partial charge in [0.15, 0.2) is 11.5 Å². The number of nitrogens with one attached hydrogen (secondary N) is 1. The highest BCUT2D eigenvalue weighted by Gasteiger charge is 2.37. The number of hydrogen-bond donors (Lipinski definition) is 1. The van der Waals surface area contributed by atoms with Crippen molar-refractivity contribution < 1.29 is 35.7 Å². The third kappa shape index (κ3) is 5.69. The molecule has 1 N–H and O–H groups in total. The predicted molar refractivity (Wildman–Crippen MR) is 104 cm³/mol. The Morgan fingerprint density at radius 1 is 1.00 bits per heavy atom. The maximum absolute atomic E-state index is 13.0. The number of alkyl halides is 6. The van der Waals surface area contributed by atoms with E-state index in [1.807, 2.05) is 5.43 Å². The largest absolute Gasteiger partial charge is 0.416 e. The summed E-state index contributed by atoms with van der Waals surface area (Å²) in [5.41, 5.74) is -2.77. The molecule has 3 aromatic rings. The average Bonchev–Trinajstić information content (AvgIpc) is 3.23. The van der Waals surface area contributed by atoms with Gasteiger partial charge in [-0.05, 0) is 42.5 Å². The standard InChI is InChI=1S/C20H9ClF6N4O2/c21-13-3-1-10(2-4-13)17-8-15(31-33-17)18(32)16(9-28)30-29-14-6-11(19(22,23)24)5-12(7-14)20(25,26)27/h1-8,29H/b30-16+. The van der Waals surface area contributed by atoms with E-state index in [9.17, 15) is 36.4 Å². The number of benzene rings is 2. The van der Waals surface area contributed by atoms with Crippen LogP contribution in [0.4, 0.5) is 32.0 Å². The number of carbonyl (C=O) groups excluding carboxylic acids is 1. The number of carbonyl (C=O) groups is 1. The summed E-state index contributed by atoms with van der Waals surface area (Å²) in [4.78, 5) is 12.5. The van der Waals surface area contributed by atoms with Crippen LogP contribution >= 0.6 is 11.6 Å². The van der Waals surface area contributed by atoms with Crippen molar-refractivity contribution in [2.75, 3.05) is 5.43 Å². The fraction of sp³-hybridized carbons (Fsp3) is 0.100. The Balaban J connectivity index is 1.88. The molecule has 0 bridgehead atoms. The molecule has 0 saturated heterocycles. The van der Waals surface area contributed by atoms with Crippen LogP contribution in [-0.2, 0) is 12.4 Å². The quantitative estimate of drug-likeness (QED) is 0.200. The van der Waals surface area contributed by atoms with Crippen LogP contribution < -0.4 is 5.43 Å². The minimum Gasteiger partial charge on any atom is -0.356 e. The molecule has 0 aliphatic heterocycles. The van der Waals surface area contributed by atoms with Crippen LogP contribution in [0.2, 0.25) is 5.02 Å². The number of hydrazone groups is 1. The Kier molecular flexibility index (Phi) is 6.46. The molecule has 1 aromatic heterocycles. The second kappa shape index (κ2) is 8.95. The van der Waals surface area contributed by atoms with Gasteiger partial charge in [-0.3, -0.25) is 10.2 Å². The highest BCUT2D eigenvalue weighted by atomic mass is 35.5. The van der Waals surface area contributed by atoms with Gasteiger partial charge < -0.3 is 4.52 Å². The van der Waals surface area contributed by atoms with Gasteiger partial charge in [0.1, 0.15) is 6.07 Å². The number of ketones is 1. The van der Waals surface area contributed by atoms with Crippen LogP contribution in [0.25, 0.3) is 11.3 Å². The van der Waals surface area contributed by atoms with Gasteiger partial charge in [0.05, 0.1) is 16.8 Å². The lowest BCUT2D eigenvalue weighted by Gasteiger charge is -2.13. The first-order valence-corrected chi connectivity index (χ1v) is 9.07. The van der Waals surface area contributed by atoms with E-state index in [1.54, 1.807) is 24.3 Å². The normalized spacial score (nSPS) is 12.4. The van der Waals surface area contributed by atoms with Crippen molar-refractivity contribution in [3.8, 4) is 17.4 Å². The topological polar surface area (TPSA) is 91.3 Å². The molecule has 0 amide bonds. The van der Waals surface area contributed by atoms with Crippen LogP contribution in [0.15, 0.2) is 58.2 Å². The summed E-state index contributed by atoms with van der Waals surface area (Å²) in [5, 5.41) is 16.5. The lowest BCUT2D eigenvalue weighted by atomic mass is 10.1. The smallest absolute Gasteiger partial charge is 0.356 e. The molecule has 13 heteroatoms. The van der Waals surface area contributed by atoms with Gasteiger partial charge in [-0.25, -0.2) is 0 Å². The van der Waals surface area contributed by atoms with E-state index in [1.165, 1.54) is 12.1 Å². The Morgan fingerprint density at radius 3 is 2.09 bits per heavy atom. The van der Waals surface area contributed by atoms with E-state index >= 15 is 0 Å². The summed E-state index contributed by atoms with van der Waals surface area (Å²) >= 11 is 5.79. The van der Waals surface area contributed by atoms with Gasteiger partial charge in [0, 0.05) is 16.7 Å². The van der Waals surface area contributed by atoms with Gasteiger partial charge in [-0.1, -0.05) is 16.8 Å². The first-order chi connectivity index (χ1) is 15.4. The SMILES string of the molecule is N#C/C(=N\Nc1cc(C(F)(F)F)cc(C(F)(F)F)c1)C(=O)c1cc(-c2ccc(Cl)cc2)on1. The number of nitrogens with zero attached hydrogens (tertiary/aromatic N) is 3. The number of aromatic nitrogens is 1. The van der Waals surface area contributed by atoms with Crippen LogP contribution in [-0.4, -0.2) is 16.7 Å². The lowest BCUT2D eigenvalue weighted by Crippen LogP contribution is -2.15. The third-order valence-corrected chi connectivity index (χ3v) is 4.33. The van der Waals surface area contributed by atoms with E-state index < -0.39 is 40.7 Å². The van der Waals surface area contributed by atoms with E-state index in [4.69, 9.17) is 16.1 Å². The number of halogens is 7. The minimum atomic E-state index is -5.08. The molecular weight excluding hydrogens is 478 g/mol. The lowest BCUT2D eigenvalue weighted by molar-refractivity contribution is -0.143. The van der Waals surface area contributed by atoms with E-state index in [-0.39, 0.29) is 17.5 Å². The van der Waals surface area contributed by atoms with Crippen LogP contribution in [0.1, 0.15) is 21.6 Å². The van der Waals surface area contributed by atoms with E-state index in [0.29, 0.717) is 22.7 Å². The maximum Gasteiger partial charge on any atom is 0.416 e. The maximum atomic E-state index is 13.0. The Bertz CT molecular complexity index is 1230. The van der Waals surface area contributed by atoms with E-state index in [0.717, 1.165) is 0 Å². The van der Waals surface area contributed by atoms with Gasteiger partial charge in [0.2, 0.25) is 11.5 Å². The molecule has 2 aromatic carbocycles.